The molecule has 0 atom stereocenters. The van der Waals surface area contributed by atoms with E-state index in [2.05, 4.69) is 5.10 Å². The molecule has 0 spiro atoms. The fraction of sp³-hybridized carbons (Fsp3) is 0.333. The molecular formula is C21H22F5N5O4S. The van der Waals surface area contributed by atoms with Gasteiger partial charge in [-0.15, -0.1) is 11.3 Å². The summed E-state index contributed by atoms with van der Waals surface area (Å²) >= 11 is 1.49. The summed E-state index contributed by atoms with van der Waals surface area (Å²) in [4.78, 5) is 35.1. The zero-order valence-electron chi connectivity index (χ0n) is 19.0. The number of rotatable bonds is 7. The zero-order chi connectivity index (χ0) is 27.2. The van der Waals surface area contributed by atoms with Crippen LogP contribution in [0.1, 0.15) is 24.8 Å². The molecule has 0 saturated heterocycles. The van der Waals surface area contributed by atoms with Crippen LogP contribution in [0, 0.1) is 0 Å². The number of nitrogens with two attached hydrogens (primary N) is 1. The molecule has 0 radical (unpaired) electrons. The average Bonchev–Trinajstić information content (AvgIpc) is 3.39. The molecule has 0 aromatic carbocycles. The van der Waals surface area contributed by atoms with Crippen LogP contribution in [0.5, 0.6) is 0 Å². The third-order valence-corrected chi connectivity index (χ3v) is 5.78. The molecule has 196 valence electrons. The van der Waals surface area contributed by atoms with Gasteiger partial charge in [0.15, 0.2) is 0 Å². The van der Waals surface area contributed by atoms with Crippen molar-refractivity contribution >= 4 is 17.3 Å². The van der Waals surface area contributed by atoms with Gasteiger partial charge in [0, 0.05) is 45.7 Å². The minimum Gasteiger partial charge on any atom is -0.475 e. The third kappa shape index (κ3) is 7.45. The first-order chi connectivity index (χ1) is 16.7. The van der Waals surface area contributed by atoms with Gasteiger partial charge < -0.3 is 15.4 Å². The molecular weight excluding hydrogens is 513 g/mol. The lowest BCUT2D eigenvalue weighted by molar-refractivity contribution is -0.192. The first-order valence-corrected chi connectivity index (χ1v) is 11.0. The van der Waals surface area contributed by atoms with Crippen LogP contribution in [0.3, 0.4) is 0 Å². The summed E-state index contributed by atoms with van der Waals surface area (Å²) in [6, 6.07) is 7.17. The molecule has 0 unspecified atom stereocenters. The SMILES string of the molecule is CC(C)n1cc(-c2ccc(Cn3cnn(CC(CN)=C(F)F)c3=O)s2)ccc1=O.O=C(O)C(F)(F)F. The molecule has 0 aliphatic carbocycles. The van der Waals surface area contributed by atoms with Crippen molar-refractivity contribution in [1.29, 1.82) is 0 Å². The van der Waals surface area contributed by atoms with E-state index in [1.807, 2.05) is 32.2 Å². The van der Waals surface area contributed by atoms with E-state index in [9.17, 15) is 31.5 Å². The molecule has 0 bridgehead atoms. The van der Waals surface area contributed by atoms with E-state index < -0.39 is 23.9 Å². The van der Waals surface area contributed by atoms with E-state index in [1.54, 1.807) is 10.6 Å². The molecule has 15 heteroatoms. The Balaban J connectivity index is 0.000000572. The Hall–Kier alpha value is -3.59. The number of carboxylic acid groups (broad SMARTS) is 1. The highest BCUT2D eigenvalue weighted by molar-refractivity contribution is 7.15. The molecule has 0 aliphatic rings. The molecule has 0 aliphatic heterocycles. The number of nitrogens with zero attached hydrogens (tertiary/aromatic N) is 4. The first kappa shape index (κ1) is 28.6. The summed E-state index contributed by atoms with van der Waals surface area (Å²) in [5.74, 6) is -2.76. The predicted molar refractivity (Wildman–Crippen MR) is 122 cm³/mol. The number of pyridine rings is 1. The second-order valence-corrected chi connectivity index (χ2v) is 8.76. The van der Waals surface area contributed by atoms with Crippen molar-refractivity contribution in [1.82, 2.24) is 18.9 Å². The van der Waals surface area contributed by atoms with E-state index in [4.69, 9.17) is 15.6 Å². The average molecular weight is 535 g/mol. The highest BCUT2D eigenvalue weighted by atomic mass is 32.1. The van der Waals surface area contributed by atoms with Crippen molar-refractivity contribution in [3.05, 3.63) is 74.2 Å². The summed E-state index contributed by atoms with van der Waals surface area (Å²) in [7, 11) is 0. The monoisotopic (exact) mass is 535 g/mol. The van der Waals surface area contributed by atoms with Gasteiger partial charge in [-0.2, -0.15) is 27.1 Å². The Morgan fingerprint density at radius 2 is 1.81 bits per heavy atom. The van der Waals surface area contributed by atoms with Crippen LogP contribution in [-0.2, 0) is 17.9 Å². The van der Waals surface area contributed by atoms with Gasteiger partial charge in [0.05, 0.1) is 13.1 Å². The van der Waals surface area contributed by atoms with Crippen molar-refractivity contribution in [2.45, 2.75) is 39.2 Å². The van der Waals surface area contributed by atoms with Gasteiger partial charge in [-0.05, 0) is 32.0 Å². The third-order valence-electron chi connectivity index (χ3n) is 4.66. The second-order valence-electron chi connectivity index (χ2n) is 7.59. The Morgan fingerprint density at radius 3 is 2.33 bits per heavy atom. The molecule has 9 nitrogen and oxygen atoms in total. The van der Waals surface area contributed by atoms with Gasteiger partial charge in [0.1, 0.15) is 6.33 Å². The number of aliphatic carboxylic acids is 1. The van der Waals surface area contributed by atoms with E-state index in [1.165, 1.54) is 28.3 Å². The zero-order valence-corrected chi connectivity index (χ0v) is 19.8. The van der Waals surface area contributed by atoms with Crippen LogP contribution in [0.25, 0.3) is 10.4 Å². The molecule has 3 aromatic heterocycles. The normalized spacial score (nSPS) is 11.2. The number of carbonyl (C=O) groups is 1. The van der Waals surface area contributed by atoms with E-state index in [0.717, 1.165) is 20.0 Å². The molecule has 3 rings (SSSR count). The van der Waals surface area contributed by atoms with Crippen molar-refractivity contribution in [3.63, 3.8) is 0 Å². The Bertz CT molecular complexity index is 1350. The van der Waals surface area contributed by atoms with Gasteiger partial charge in [-0.3, -0.25) is 9.36 Å². The maximum Gasteiger partial charge on any atom is 0.490 e. The number of aromatic nitrogens is 4. The fourth-order valence-corrected chi connectivity index (χ4v) is 3.81. The lowest BCUT2D eigenvalue weighted by atomic mass is 10.2. The van der Waals surface area contributed by atoms with E-state index in [-0.39, 0.29) is 36.8 Å². The van der Waals surface area contributed by atoms with Crippen LogP contribution in [-0.4, -0.2) is 42.7 Å². The molecule has 3 aromatic rings. The van der Waals surface area contributed by atoms with Gasteiger partial charge in [0.2, 0.25) is 0 Å². The van der Waals surface area contributed by atoms with Gasteiger partial charge >= 0.3 is 17.8 Å². The summed E-state index contributed by atoms with van der Waals surface area (Å²) in [5, 5.41) is 11.0. The molecule has 0 amide bonds. The largest absolute Gasteiger partial charge is 0.490 e. The van der Waals surface area contributed by atoms with E-state index in [0.29, 0.717) is 0 Å². The fourth-order valence-electron chi connectivity index (χ4n) is 2.81. The Labute approximate surface area is 204 Å². The minimum atomic E-state index is -5.08. The highest BCUT2D eigenvalue weighted by Gasteiger charge is 2.38. The topological polar surface area (TPSA) is 125 Å². The predicted octanol–water partition coefficient (Wildman–Crippen LogP) is 3.31. The van der Waals surface area contributed by atoms with Crippen LogP contribution in [0.15, 0.2) is 58.0 Å². The number of thiophene rings is 1. The highest BCUT2D eigenvalue weighted by Crippen LogP contribution is 2.28. The van der Waals surface area contributed by atoms with Crippen LogP contribution < -0.4 is 17.0 Å². The van der Waals surface area contributed by atoms with Crippen LogP contribution >= 0.6 is 11.3 Å². The number of hydrogen-bond donors (Lipinski definition) is 2. The van der Waals surface area contributed by atoms with Gasteiger partial charge in [-0.1, -0.05) is 0 Å². The standard InChI is InChI=1S/C19H21F2N5O2S.C2HF3O2/c1-12(2)25-8-13(3-6-17(25)27)16-5-4-15(29-16)10-24-11-23-26(19(24)28)9-14(7-22)18(20)21;3-2(4,5)1(6)7/h3-6,8,11-12H,7,9-10,22H2,1-2H3;(H,6,7). The molecule has 3 N–H and O–H groups in total. The first-order valence-electron chi connectivity index (χ1n) is 10.2. The number of alkyl halides is 3. The minimum absolute atomic E-state index is 0.0490. The quantitative estimate of drug-likeness (QED) is 0.448. The summed E-state index contributed by atoms with van der Waals surface area (Å²) < 4.78 is 61.3. The summed E-state index contributed by atoms with van der Waals surface area (Å²) in [5.41, 5.74) is 5.33. The van der Waals surface area contributed by atoms with Crippen LogP contribution in [0.2, 0.25) is 0 Å². The number of carboxylic acids is 1. The smallest absolute Gasteiger partial charge is 0.475 e. The number of hydrogen-bond acceptors (Lipinski definition) is 6. The Kier molecular flexibility index (Phi) is 9.47. The maximum absolute atomic E-state index is 12.8. The second kappa shape index (κ2) is 11.9. The van der Waals surface area contributed by atoms with Crippen molar-refractivity contribution in [3.8, 4) is 10.4 Å². The maximum atomic E-state index is 12.8. The van der Waals surface area contributed by atoms with Crippen molar-refractivity contribution < 1.29 is 31.9 Å². The van der Waals surface area contributed by atoms with Crippen molar-refractivity contribution in [2.75, 3.05) is 6.54 Å². The number of halogens is 5. The lowest BCUT2D eigenvalue weighted by Gasteiger charge is -2.10. The summed E-state index contributed by atoms with van der Waals surface area (Å²) in [6.45, 7) is 3.48. The van der Waals surface area contributed by atoms with Gasteiger partial charge in [0.25, 0.3) is 11.6 Å². The molecule has 36 heavy (non-hydrogen) atoms. The van der Waals surface area contributed by atoms with Crippen LogP contribution in [0.4, 0.5) is 22.0 Å². The lowest BCUT2D eigenvalue weighted by Crippen LogP contribution is -2.27. The summed E-state index contributed by atoms with van der Waals surface area (Å²) in [6.07, 6.45) is -3.83. The molecule has 3 heterocycles. The Morgan fingerprint density at radius 1 is 1.17 bits per heavy atom. The molecule has 0 fully saturated rings. The van der Waals surface area contributed by atoms with E-state index >= 15 is 0 Å². The molecule has 0 saturated carbocycles. The van der Waals surface area contributed by atoms with Crippen molar-refractivity contribution in [2.24, 2.45) is 5.73 Å². The van der Waals surface area contributed by atoms with Gasteiger partial charge in [-0.25, -0.2) is 14.3 Å².